The maximum absolute atomic E-state index is 10.0. The molecule has 0 amide bonds. The lowest BCUT2D eigenvalue weighted by Gasteiger charge is -2.43. The highest BCUT2D eigenvalue weighted by Gasteiger charge is 2.41. The van der Waals surface area contributed by atoms with Crippen LogP contribution in [-0.2, 0) is 18.3 Å². The topological polar surface area (TPSA) is 20.2 Å². The zero-order valence-corrected chi connectivity index (χ0v) is 15.9. The van der Waals surface area contributed by atoms with E-state index >= 15 is 0 Å². The summed E-state index contributed by atoms with van der Waals surface area (Å²) in [5, 5.41) is 10.0. The largest absolute Gasteiger partial charge is 0.508 e. The molecule has 2 aliphatic carbocycles. The van der Waals surface area contributed by atoms with Gasteiger partial charge in [-0.25, -0.2) is 0 Å². The number of hydrogen-bond donors (Lipinski definition) is 1. The van der Waals surface area contributed by atoms with Gasteiger partial charge in [0.15, 0.2) is 0 Å². The molecule has 5 rings (SSSR count). The van der Waals surface area contributed by atoms with Crippen LogP contribution in [-0.4, -0.2) is 5.11 Å². The standard InChI is InChI=1S/C27H24O/c28-25-13-14-26-23(18-25)11-12-24-17-22(21-9-5-2-6-10-21)15-16-27(24,26)19-20-7-3-1-4-8-20/h1-10,12-14,17-18,28H,11,15-16,19H2/t27-/m0/s1. The highest BCUT2D eigenvalue weighted by molar-refractivity contribution is 5.73. The Morgan fingerprint density at radius 3 is 2.39 bits per heavy atom. The number of rotatable bonds is 3. The second-order valence-corrected chi connectivity index (χ2v) is 7.99. The molecule has 0 saturated carbocycles. The van der Waals surface area contributed by atoms with Crippen molar-refractivity contribution in [3.63, 3.8) is 0 Å². The van der Waals surface area contributed by atoms with Crippen molar-refractivity contribution < 1.29 is 5.11 Å². The van der Waals surface area contributed by atoms with Crippen molar-refractivity contribution in [3.8, 4) is 5.75 Å². The van der Waals surface area contributed by atoms with Crippen LogP contribution in [0, 0.1) is 0 Å². The van der Waals surface area contributed by atoms with E-state index < -0.39 is 0 Å². The summed E-state index contributed by atoms with van der Waals surface area (Å²) < 4.78 is 0. The quantitative estimate of drug-likeness (QED) is 0.584. The Hall–Kier alpha value is -3.06. The number of phenols is 1. The van der Waals surface area contributed by atoms with E-state index in [9.17, 15) is 5.11 Å². The van der Waals surface area contributed by atoms with Crippen LogP contribution in [0.1, 0.15) is 35.1 Å². The SMILES string of the molecule is Oc1ccc2c(c1)CC=C1C=C(c3ccccc3)CC[C@]12Cc1ccccc1. The number of phenolic OH excluding ortho intramolecular Hbond substituents is 1. The lowest BCUT2D eigenvalue weighted by Crippen LogP contribution is -2.36. The molecule has 1 atom stereocenters. The molecular formula is C27H24O. The Kier molecular flexibility index (Phi) is 4.16. The summed E-state index contributed by atoms with van der Waals surface area (Å²) in [5.41, 5.74) is 8.18. The predicted molar refractivity (Wildman–Crippen MR) is 115 cm³/mol. The molecule has 3 aromatic rings. The molecule has 0 heterocycles. The zero-order chi connectivity index (χ0) is 19.0. The van der Waals surface area contributed by atoms with Crippen molar-refractivity contribution in [3.05, 3.63) is 119 Å². The Morgan fingerprint density at radius 1 is 0.857 bits per heavy atom. The summed E-state index contributed by atoms with van der Waals surface area (Å²) in [5.74, 6) is 0.363. The summed E-state index contributed by atoms with van der Waals surface area (Å²) in [4.78, 5) is 0. The molecule has 1 N–H and O–H groups in total. The van der Waals surface area contributed by atoms with Crippen LogP contribution in [0.5, 0.6) is 5.75 Å². The number of aromatic hydroxyl groups is 1. The minimum atomic E-state index is -0.0130. The van der Waals surface area contributed by atoms with E-state index in [4.69, 9.17) is 0 Å². The van der Waals surface area contributed by atoms with Crippen molar-refractivity contribution >= 4 is 5.57 Å². The third-order valence-electron chi connectivity index (χ3n) is 6.34. The molecule has 0 aliphatic heterocycles. The van der Waals surface area contributed by atoms with E-state index in [1.54, 1.807) is 0 Å². The van der Waals surface area contributed by atoms with Crippen LogP contribution in [0.4, 0.5) is 0 Å². The molecule has 0 fully saturated rings. The van der Waals surface area contributed by atoms with Gasteiger partial charge in [0.1, 0.15) is 5.75 Å². The molecule has 0 spiro atoms. The molecule has 1 nitrogen and oxygen atoms in total. The molecule has 1 heteroatoms. The van der Waals surface area contributed by atoms with E-state index in [2.05, 4.69) is 78.9 Å². The third kappa shape index (κ3) is 2.88. The van der Waals surface area contributed by atoms with Gasteiger partial charge in [-0.05, 0) is 71.2 Å². The second-order valence-electron chi connectivity index (χ2n) is 7.99. The fourth-order valence-corrected chi connectivity index (χ4v) is 4.98. The van der Waals surface area contributed by atoms with E-state index in [-0.39, 0.29) is 5.41 Å². The van der Waals surface area contributed by atoms with Gasteiger partial charge in [-0.2, -0.15) is 0 Å². The normalized spacial score (nSPS) is 20.6. The van der Waals surface area contributed by atoms with Crippen molar-refractivity contribution in [2.24, 2.45) is 0 Å². The average molecular weight is 364 g/mol. The first-order valence-corrected chi connectivity index (χ1v) is 10.1. The molecule has 3 aromatic carbocycles. The summed E-state index contributed by atoms with van der Waals surface area (Å²) in [6.45, 7) is 0. The maximum atomic E-state index is 10.0. The molecule has 0 aromatic heterocycles. The van der Waals surface area contributed by atoms with Gasteiger partial charge in [-0.1, -0.05) is 78.9 Å². The van der Waals surface area contributed by atoms with E-state index in [1.807, 2.05) is 12.1 Å². The van der Waals surface area contributed by atoms with Gasteiger partial charge in [0, 0.05) is 5.41 Å². The number of hydrogen-bond acceptors (Lipinski definition) is 1. The average Bonchev–Trinajstić information content (AvgIpc) is 2.74. The number of fused-ring (bicyclic) bond motifs is 3. The molecule has 0 saturated heterocycles. The highest BCUT2D eigenvalue weighted by Crippen LogP contribution is 2.50. The maximum Gasteiger partial charge on any atom is 0.115 e. The van der Waals surface area contributed by atoms with E-state index in [1.165, 1.54) is 33.4 Å². The lowest BCUT2D eigenvalue weighted by atomic mass is 9.60. The molecule has 0 radical (unpaired) electrons. The smallest absolute Gasteiger partial charge is 0.115 e. The Morgan fingerprint density at radius 2 is 1.61 bits per heavy atom. The van der Waals surface area contributed by atoms with Crippen molar-refractivity contribution in [1.82, 2.24) is 0 Å². The second kappa shape index (κ2) is 6.83. The first-order chi connectivity index (χ1) is 13.7. The van der Waals surface area contributed by atoms with Gasteiger partial charge in [-0.3, -0.25) is 0 Å². The Bertz CT molecular complexity index is 1060. The highest BCUT2D eigenvalue weighted by atomic mass is 16.3. The van der Waals surface area contributed by atoms with Crippen molar-refractivity contribution in [2.45, 2.75) is 31.1 Å². The van der Waals surface area contributed by atoms with Crippen LogP contribution in [0.2, 0.25) is 0 Å². The van der Waals surface area contributed by atoms with Gasteiger partial charge in [-0.15, -0.1) is 0 Å². The summed E-state index contributed by atoms with van der Waals surface area (Å²) in [6.07, 6.45) is 8.84. The fraction of sp³-hybridized carbons (Fsp3) is 0.185. The molecule has 138 valence electrons. The summed E-state index contributed by atoms with van der Waals surface area (Å²) >= 11 is 0. The molecule has 28 heavy (non-hydrogen) atoms. The zero-order valence-electron chi connectivity index (χ0n) is 15.9. The minimum absolute atomic E-state index is 0.0130. The van der Waals surface area contributed by atoms with Crippen LogP contribution in [0.3, 0.4) is 0 Å². The summed E-state index contributed by atoms with van der Waals surface area (Å²) in [7, 11) is 0. The molecular weight excluding hydrogens is 340 g/mol. The fourth-order valence-electron chi connectivity index (χ4n) is 4.98. The van der Waals surface area contributed by atoms with E-state index in [0.717, 1.165) is 25.7 Å². The first-order valence-electron chi connectivity index (χ1n) is 10.1. The third-order valence-corrected chi connectivity index (χ3v) is 6.34. The lowest BCUT2D eigenvalue weighted by molar-refractivity contribution is 0.448. The van der Waals surface area contributed by atoms with E-state index in [0.29, 0.717) is 5.75 Å². The number of benzene rings is 3. The monoisotopic (exact) mass is 364 g/mol. The molecule has 2 aliphatic rings. The van der Waals surface area contributed by atoms with Gasteiger partial charge >= 0.3 is 0 Å². The first kappa shape index (κ1) is 17.1. The van der Waals surface area contributed by atoms with Crippen LogP contribution >= 0.6 is 0 Å². The summed E-state index contributed by atoms with van der Waals surface area (Å²) in [6, 6.07) is 27.5. The molecule has 0 bridgehead atoms. The van der Waals surface area contributed by atoms with Crippen LogP contribution in [0.15, 0.2) is 96.6 Å². The predicted octanol–water partition coefficient (Wildman–Crippen LogP) is 6.23. The van der Waals surface area contributed by atoms with Gasteiger partial charge < -0.3 is 5.11 Å². The Labute approximate surface area is 166 Å². The minimum Gasteiger partial charge on any atom is -0.508 e. The number of allylic oxidation sites excluding steroid dienone is 4. The van der Waals surface area contributed by atoms with Crippen LogP contribution in [0.25, 0.3) is 5.57 Å². The van der Waals surface area contributed by atoms with Gasteiger partial charge in [0.25, 0.3) is 0 Å². The van der Waals surface area contributed by atoms with Crippen molar-refractivity contribution in [1.29, 1.82) is 0 Å². The Balaban J connectivity index is 1.64. The van der Waals surface area contributed by atoms with Gasteiger partial charge in [0.2, 0.25) is 0 Å². The van der Waals surface area contributed by atoms with Crippen molar-refractivity contribution in [2.75, 3.05) is 0 Å². The van der Waals surface area contributed by atoms with Gasteiger partial charge in [0.05, 0.1) is 0 Å². The van der Waals surface area contributed by atoms with Crippen LogP contribution < -0.4 is 0 Å². The molecule has 0 unspecified atom stereocenters.